The van der Waals surface area contributed by atoms with Gasteiger partial charge in [-0.25, -0.2) is 0 Å². The number of carbonyl (C=O) groups excluding carboxylic acids is 2. The lowest BCUT2D eigenvalue weighted by atomic mass is 9.35. The lowest BCUT2D eigenvalue weighted by molar-refractivity contribution is -0.236. The van der Waals surface area contributed by atoms with Gasteiger partial charge in [-0.05, 0) is 40.0 Å². The molecule has 3 aliphatic rings. The number of methoxy groups -OCH3 is 1. The number of ether oxygens (including phenoxy) is 2. The number of carboxylic acid groups (broad SMARTS) is 1. The van der Waals surface area contributed by atoms with Gasteiger partial charge in [0.1, 0.15) is 12.6 Å². The predicted molar refractivity (Wildman–Crippen MR) is 76.0 cm³/mol. The molecule has 0 amide bonds. The van der Waals surface area contributed by atoms with E-state index in [4.69, 9.17) is 14.6 Å². The van der Waals surface area contributed by atoms with Crippen LogP contribution in [0.2, 0.25) is 0 Å². The van der Waals surface area contributed by atoms with Gasteiger partial charge in [-0.1, -0.05) is 0 Å². The Labute approximate surface area is 129 Å². The van der Waals surface area contributed by atoms with E-state index in [9.17, 15) is 14.4 Å². The molecule has 0 aromatic carbocycles. The molecule has 0 unspecified atom stereocenters. The minimum absolute atomic E-state index is 0.224. The highest BCUT2D eigenvalue weighted by Gasteiger charge is 2.76. The molecule has 0 spiro atoms. The molecule has 3 aliphatic carbocycles. The van der Waals surface area contributed by atoms with Gasteiger partial charge in [0, 0.05) is 5.54 Å². The fourth-order valence-electron chi connectivity index (χ4n) is 3.45. The molecule has 124 valence electrons. The summed E-state index contributed by atoms with van der Waals surface area (Å²) < 4.78 is 9.91. The Balaban J connectivity index is 1.84. The number of hydrogen-bond acceptors (Lipinski definition) is 6. The Hall–Kier alpha value is -1.63. The fraction of sp³-hybridized carbons (Fsp3) is 0.800. The molecular formula is C15H23NO6. The smallest absolute Gasteiger partial charge is 0.324 e. The molecule has 0 saturated heterocycles. The molecule has 3 rings (SSSR count). The molecule has 22 heavy (non-hydrogen) atoms. The van der Waals surface area contributed by atoms with E-state index in [1.807, 2.05) is 20.8 Å². The molecule has 7 heteroatoms. The summed E-state index contributed by atoms with van der Waals surface area (Å²) in [6.07, 6.45) is 1.32. The van der Waals surface area contributed by atoms with E-state index in [1.165, 1.54) is 7.11 Å². The van der Waals surface area contributed by atoms with E-state index < -0.39 is 34.3 Å². The Morgan fingerprint density at radius 2 is 1.64 bits per heavy atom. The summed E-state index contributed by atoms with van der Waals surface area (Å²) in [5.74, 6) is -1.76. The summed E-state index contributed by atoms with van der Waals surface area (Å²) in [4.78, 5) is 34.9. The van der Waals surface area contributed by atoms with Gasteiger partial charge in [0.25, 0.3) is 0 Å². The number of esters is 2. The van der Waals surface area contributed by atoms with Gasteiger partial charge in [0.2, 0.25) is 0 Å². The summed E-state index contributed by atoms with van der Waals surface area (Å²) in [6, 6.07) is -0.953. The monoisotopic (exact) mass is 313 g/mol. The van der Waals surface area contributed by atoms with Crippen molar-refractivity contribution in [3.63, 3.8) is 0 Å². The number of carbonyl (C=O) groups is 3. The van der Waals surface area contributed by atoms with Gasteiger partial charge in [-0.15, -0.1) is 0 Å². The number of aliphatic carboxylic acids is 1. The Morgan fingerprint density at radius 1 is 1.14 bits per heavy atom. The van der Waals surface area contributed by atoms with Crippen LogP contribution in [0.5, 0.6) is 0 Å². The number of hydrogen-bond donors (Lipinski definition) is 2. The van der Waals surface area contributed by atoms with Crippen molar-refractivity contribution in [1.82, 2.24) is 5.32 Å². The van der Waals surface area contributed by atoms with Gasteiger partial charge in [-0.2, -0.15) is 0 Å². The molecule has 7 nitrogen and oxygen atoms in total. The number of rotatable bonds is 6. The second kappa shape index (κ2) is 5.22. The van der Waals surface area contributed by atoms with Gasteiger partial charge in [-0.3, -0.25) is 19.7 Å². The highest BCUT2D eigenvalue weighted by atomic mass is 16.5. The molecule has 0 aliphatic heterocycles. The molecule has 0 radical (unpaired) electrons. The van der Waals surface area contributed by atoms with Crippen LogP contribution in [-0.4, -0.2) is 48.3 Å². The highest BCUT2D eigenvalue weighted by molar-refractivity contribution is 5.91. The lowest BCUT2D eigenvalue weighted by Crippen LogP contribution is -2.69. The summed E-state index contributed by atoms with van der Waals surface area (Å²) in [6.45, 7) is 5.29. The molecule has 0 aromatic rings. The zero-order valence-corrected chi connectivity index (χ0v) is 13.4. The van der Waals surface area contributed by atoms with Crippen LogP contribution in [-0.2, 0) is 23.9 Å². The maximum atomic E-state index is 12.1. The van der Waals surface area contributed by atoms with Crippen molar-refractivity contribution in [1.29, 1.82) is 0 Å². The molecule has 3 fully saturated rings. The fourth-order valence-corrected chi connectivity index (χ4v) is 3.45. The van der Waals surface area contributed by atoms with Crippen LogP contribution in [0.1, 0.15) is 40.0 Å². The Morgan fingerprint density at radius 3 is 2.05 bits per heavy atom. The van der Waals surface area contributed by atoms with Crippen molar-refractivity contribution in [3.8, 4) is 0 Å². The SMILES string of the molecule is COC(=O)C12CC(C(=O)OC[C@H](NC(C)(C)C)C(=O)O)(C1)C2. The van der Waals surface area contributed by atoms with Crippen molar-refractivity contribution in [2.24, 2.45) is 10.8 Å². The third-order valence-electron chi connectivity index (χ3n) is 4.37. The van der Waals surface area contributed by atoms with Crippen LogP contribution < -0.4 is 5.32 Å². The zero-order chi connectivity index (χ0) is 16.8. The normalized spacial score (nSPS) is 30.5. The molecule has 3 saturated carbocycles. The minimum Gasteiger partial charge on any atom is -0.480 e. The summed E-state index contributed by atoms with van der Waals surface area (Å²) in [5.41, 5.74) is -1.52. The molecular weight excluding hydrogens is 290 g/mol. The van der Waals surface area contributed by atoms with Crippen LogP contribution in [0.4, 0.5) is 0 Å². The maximum absolute atomic E-state index is 12.1. The first-order valence-corrected chi connectivity index (χ1v) is 7.30. The van der Waals surface area contributed by atoms with Crippen molar-refractivity contribution in [2.45, 2.75) is 51.6 Å². The van der Waals surface area contributed by atoms with Crippen molar-refractivity contribution < 1.29 is 29.0 Å². The number of carboxylic acids is 1. The average molecular weight is 313 g/mol. The second-order valence-electron chi connectivity index (χ2n) is 7.47. The quantitative estimate of drug-likeness (QED) is 0.696. The van der Waals surface area contributed by atoms with Crippen LogP contribution in [0.15, 0.2) is 0 Å². The summed E-state index contributed by atoms with van der Waals surface area (Å²) in [7, 11) is 1.34. The molecule has 0 heterocycles. The van der Waals surface area contributed by atoms with Crippen LogP contribution >= 0.6 is 0 Å². The highest BCUT2D eigenvalue weighted by Crippen LogP contribution is 2.74. The van der Waals surface area contributed by atoms with Crippen molar-refractivity contribution >= 4 is 17.9 Å². The minimum atomic E-state index is -1.06. The van der Waals surface area contributed by atoms with Gasteiger partial charge in [0.15, 0.2) is 0 Å². The van der Waals surface area contributed by atoms with Gasteiger partial charge in [0.05, 0.1) is 17.9 Å². The second-order valence-corrected chi connectivity index (χ2v) is 7.47. The Bertz CT molecular complexity index is 487. The van der Waals surface area contributed by atoms with Crippen molar-refractivity contribution in [2.75, 3.05) is 13.7 Å². The van der Waals surface area contributed by atoms with E-state index in [0.717, 1.165) is 0 Å². The standard InChI is InChI=1S/C15H23NO6/c1-13(2,3)16-9(10(17)18)5-22-12(20)15-6-14(7-15,8-15)11(19)21-4/h9,16H,5-8H2,1-4H3,(H,17,18)/t9-,14?,15?/m0/s1. The van der Waals surface area contributed by atoms with Crippen LogP contribution in [0.25, 0.3) is 0 Å². The summed E-state index contributed by atoms with van der Waals surface area (Å²) in [5, 5.41) is 12.1. The van der Waals surface area contributed by atoms with E-state index in [0.29, 0.717) is 19.3 Å². The maximum Gasteiger partial charge on any atom is 0.324 e. The largest absolute Gasteiger partial charge is 0.480 e. The number of nitrogens with one attached hydrogen (secondary N) is 1. The third-order valence-corrected chi connectivity index (χ3v) is 4.37. The predicted octanol–water partition coefficient (Wildman–Crippen LogP) is 0.714. The third kappa shape index (κ3) is 2.82. The van der Waals surface area contributed by atoms with Crippen LogP contribution in [0, 0.1) is 10.8 Å². The zero-order valence-electron chi connectivity index (χ0n) is 13.4. The van der Waals surface area contributed by atoms with E-state index in [2.05, 4.69) is 5.32 Å². The molecule has 2 N–H and O–H groups in total. The van der Waals surface area contributed by atoms with Crippen molar-refractivity contribution in [3.05, 3.63) is 0 Å². The Kier molecular flexibility index (Phi) is 3.97. The lowest BCUT2D eigenvalue weighted by Gasteiger charge is -2.66. The van der Waals surface area contributed by atoms with Crippen LogP contribution in [0.3, 0.4) is 0 Å². The summed E-state index contributed by atoms with van der Waals surface area (Å²) >= 11 is 0. The first kappa shape index (κ1) is 16.7. The van der Waals surface area contributed by atoms with E-state index in [-0.39, 0.29) is 12.6 Å². The first-order chi connectivity index (χ1) is 10.0. The first-order valence-electron chi connectivity index (χ1n) is 7.30. The molecule has 0 aromatic heterocycles. The van der Waals surface area contributed by atoms with Gasteiger partial charge >= 0.3 is 17.9 Å². The molecule has 2 bridgehead atoms. The topological polar surface area (TPSA) is 102 Å². The molecule has 1 atom stereocenters. The van der Waals surface area contributed by atoms with E-state index in [1.54, 1.807) is 0 Å². The average Bonchev–Trinajstić information content (AvgIpc) is 2.29. The van der Waals surface area contributed by atoms with Gasteiger partial charge < -0.3 is 14.6 Å². The van der Waals surface area contributed by atoms with E-state index >= 15 is 0 Å².